The minimum atomic E-state index is -0.953. The highest BCUT2D eigenvalue weighted by Crippen LogP contribution is 2.63. The van der Waals surface area contributed by atoms with Crippen molar-refractivity contribution in [2.75, 3.05) is 80.6 Å². The quantitative estimate of drug-likeness (QED) is 0.305. The highest BCUT2D eigenvalue weighted by Gasteiger charge is 2.65. The van der Waals surface area contributed by atoms with Crippen molar-refractivity contribution in [3.05, 3.63) is 59.7 Å². The number of likely N-dealkylation sites (tertiary alicyclic amines) is 1. The number of carbonyl (C=O) groups excluding carboxylic acids is 4. The normalized spacial score (nSPS) is 29.4. The van der Waals surface area contributed by atoms with Crippen molar-refractivity contribution in [2.45, 2.75) is 44.7 Å². The molecule has 4 saturated heterocycles. The summed E-state index contributed by atoms with van der Waals surface area (Å²) in [7, 11) is 0. The second-order valence-electron chi connectivity index (χ2n) is 17.0. The number of piperidine rings is 3. The van der Waals surface area contributed by atoms with Gasteiger partial charge in [0.2, 0.25) is 11.8 Å². The smallest absolute Gasteiger partial charge is 0.262 e. The van der Waals surface area contributed by atoms with E-state index >= 15 is 0 Å². The molecule has 5 fully saturated rings. The number of anilines is 3. The molecule has 0 bridgehead atoms. The number of phenols is 1. The number of fused-ring (bicyclic) bond motifs is 5. The number of nitrogens with zero attached hydrogens (tertiary/aromatic N) is 7. The molecule has 1 aromatic heterocycles. The van der Waals surface area contributed by atoms with Gasteiger partial charge < -0.3 is 25.1 Å². The molecule has 4 amide bonds. The Kier molecular flexibility index (Phi) is 8.14. The molecule has 2 aromatic carbocycles. The molecule has 0 spiro atoms. The van der Waals surface area contributed by atoms with Crippen LogP contribution in [0.1, 0.15) is 53.3 Å². The summed E-state index contributed by atoms with van der Waals surface area (Å²) in [5.41, 5.74) is 4.43. The third kappa shape index (κ3) is 5.83. The summed E-state index contributed by atoms with van der Waals surface area (Å²) in [6.45, 7) is 12.8. The van der Waals surface area contributed by atoms with E-state index in [2.05, 4.69) is 53.4 Å². The Morgan fingerprint density at radius 1 is 0.855 bits per heavy atom. The lowest BCUT2D eigenvalue weighted by molar-refractivity contribution is -0.136. The van der Waals surface area contributed by atoms with Gasteiger partial charge >= 0.3 is 0 Å². The monoisotopic (exact) mass is 745 g/mol. The number of piperazine rings is 1. The van der Waals surface area contributed by atoms with Gasteiger partial charge in [-0.05, 0) is 78.8 Å². The van der Waals surface area contributed by atoms with Gasteiger partial charge in [-0.3, -0.25) is 34.3 Å². The maximum absolute atomic E-state index is 13.4. The molecule has 3 aromatic rings. The number of carbonyl (C=O) groups is 4. The van der Waals surface area contributed by atoms with Gasteiger partial charge in [0.25, 0.3) is 11.8 Å². The standard InChI is InChI=1S/C41H47N9O5/c1-41-23-47(19-24-10-12-48(13-11-24)25-6-7-27-29(16-25)40(55)50(39(27)54)33-8-9-36(52)43-38(33)53)22-31(41)30(41)21-46-14-15-49-26(20-46)18-42-37-34(49)17-32(44-45-37)28-4-2-3-5-35(28)51/h2-7,16-17,24,26,30-31,33,51H,8-15,18-23H2,1H3,(H,42,45)(H,43,52,53)/t26-,30?,31?,33?,41?/m0/s1. The highest BCUT2D eigenvalue weighted by molar-refractivity contribution is 6.23. The Bertz CT molecular complexity index is 2100. The summed E-state index contributed by atoms with van der Waals surface area (Å²) in [5.74, 6) is 1.25. The molecule has 14 heteroatoms. The van der Waals surface area contributed by atoms with E-state index in [1.807, 2.05) is 30.3 Å². The van der Waals surface area contributed by atoms with Crippen LogP contribution in [0.2, 0.25) is 0 Å². The zero-order chi connectivity index (χ0) is 37.6. The van der Waals surface area contributed by atoms with Crippen molar-refractivity contribution in [1.82, 2.24) is 30.2 Å². The van der Waals surface area contributed by atoms with Crippen molar-refractivity contribution < 1.29 is 24.3 Å². The van der Waals surface area contributed by atoms with Gasteiger partial charge in [0.15, 0.2) is 5.82 Å². The molecule has 14 nitrogen and oxygen atoms in total. The van der Waals surface area contributed by atoms with Gasteiger partial charge in [-0.2, -0.15) is 0 Å². The number of aromatic hydroxyl groups is 1. The SMILES string of the molecule is CC12CN(CC3CCN(c4ccc5c(c4)C(=O)N(C4CCC(=O)NC4=O)C5=O)CC3)CC1C2CN1CCN2c3cc(-c4ccccc4O)nnc3NC[C@H]2C1. The lowest BCUT2D eigenvalue weighted by Gasteiger charge is -2.46. The van der Waals surface area contributed by atoms with Gasteiger partial charge in [0.1, 0.15) is 11.8 Å². The molecular weight excluding hydrogens is 699 g/mol. The third-order valence-electron chi connectivity index (χ3n) is 13.8. The number of nitrogens with one attached hydrogen (secondary N) is 2. The van der Waals surface area contributed by atoms with Gasteiger partial charge in [-0.25, -0.2) is 0 Å². The molecule has 5 atom stereocenters. The van der Waals surface area contributed by atoms with Crippen LogP contribution in [0.5, 0.6) is 5.75 Å². The molecule has 7 aliphatic rings. The fourth-order valence-corrected chi connectivity index (χ4v) is 10.6. The van der Waals surface area contributed by atoms with Crippen LogP contribution in [0, 0.1) is 23.2 Å². The molecular formula is C41H47N9O5. The van der Waals surface area contributed by atoms with Gasteiger partial charge in [-0.1, -0.05) is 19.1 Å². The zero-order valence-corrected chi connectivity index (χ0v) is 31.1. The van der Waals surface area contributed by atoms with Crippen LogP contribution in [-0.4, -0.2) is 131 Å². The van der Waals surface area contributed by atoms with Crippen LogP contribution >= 0.6 is 0 Å². The predicted molar refractivity (Wildman–Crippen MR) is 205 cm³/mol. The molecule has 4 unspecified atom stereocenters. The minimum absolute atomic E-state index is 0.108. The molecule has 1 aliphatic carbocycles. The number of amides is 4. The van der Waals surface area contributed by atoms with Gasteiger partial charge in [0, 0.05) is 83.1 Å². The lowest BCUT2D eigenvalue weighted by atomic mass is 9.95. The van der Waals surface area contributed by atoms with E-state index in [1.54, 1.807) is 12.1 Å². The Hall–Kier alpha value is -5.08. The third-order valence-corrected chi connectivity index (χ3v) is 13.8. The fourth-order valence-electron chi connectivity index (χ4n) is 10.6. The number of rotatable bonds is 7. The molecule has 7 heterocycles. The van der Waals surface area contributed by atoms with Crippen LogP contribution in [0.3, 0.4) is 0 Å². The number of hydrogen-bond acceptors (Lipinski definition) is 12. The number of para-hydroxylation sites is 1. The number of imide groups is 2. The van der Waals surface area contributed by atoms with Crippen LogP contribution < -0.4 is 20.4 Å². The summed E-state index contributed by atoms with van der Waals surface area (Å²) in [6.07, 6.45) is 2.42. The van der Waals surface area contributed by atoms with E-state index in [9.17, 15) is 24.3 Å². The Balaban J connectivity index is 0.702. The average Bonchev–Trinajstić information content (AvgIpc) is 3.40. The molecule has 1 saturated carbocycles. The summed E-state index contributed by atoms with van der Waals surface area (Å²) in [5, 5.41) is 25.1. The minimum Gasteiger partial charge on any atom is -0.507 e. The van der Waals surface area contributed by atoms with E-state index < -0.39 is 23.8 Å². The first kappa shape index (κ1) is 34.4. The first-order valence-electron chi connectivity index (χ1n) is 19.9. The van der Waals surface area contributed by atoms with Crippen LogP contribution in [0.15, 0.2) is 48.5 Å². The van der Waals surface area contributed by atoms with E-state index in [0.717, 1.165) is 99.1 Å². The average molecular weight is 746 g/mol. The van der Waals surface area contributed by atoms with Crippen molar-refractivity contribution in [3.8, 4) is 17.0 Å². The van der Waals surface area contributed by atoms with Crippen LogP contribution in [0.25, 0.3) is 11.3 Å². The van der Waals surface area contributed by atoms with E-state index in [-0.39, 0.29) is 24.5 Å². The maximum atomic E-state index is 13.4. The van der Waals surface area contributed by atoms with Crippen molar-refractivity contribution >= 4 is 40.8 Å². The molecule has 6 aliphatic heterocycles. The first-order valence-corrected chi connectivity index (χ1v) is 19.9. The van der Waals surface area contributed by atoms with E-state index in [4.69, 9.17) is 0 Å². The number of hydrogen-bond donors (Lipinski definition) is 3. The molecule has 10 rings (SSSR count). The topological polar surface area (TPSA) is 155 Å². The first-order chi connectivity index (χ1) is 26.6. The number of phenolic OH excluding ortho intramolecular Hbond substituents is 1. The Morgan fingerprint density at radius 3 is 2.45 bits per heavy atom. The van der Waals surface area contributed by atoms with Crippen LogP contribution in [0.4, 0.5) is 17.2 Å². The largest absolute Gasteiger partial charge is 0.507 e. The molecule has 3 N–H and O–H groups in total. The predicted octanol–water partition coefficient (Wildman–Crippen LogP) is 2.65. The lowest BCUT2D eigenvalue weighted by Crippen LogP contribution is -2.58. The van der Waals surface area contributed by atoms with Gasteiger partial charge in [0.05, 0.1) is 28.6 Å². The van der Waals surface area contributed by atoms with E-state index in [1.165, 1.54) is 13.1 Å². The number of benzene rings is 2. The van der Waals surface area contributed by atoms with Crippen molar-refractivity contribution in [2.24, 2.45) is 23.2 Å². The summed E-state index contributed by atoms with van der Waals surface area (Å²) in [6, 6.07) is 14.2. The molecule has 0 radical (unpaired) electrons. The van der Waals surface area contributed by atoms with E-state index in [0.29, 0.717) is 39.8 Å². The summed E-state index contributed by atoms with van der Waals surface area (Å²) < 4.78 is 0. The molecule has 55 heavy (non-hydrogen) atoms. The Labute approximate surface area is 319 Å². The Morgan fingerprint density at radius 2 is 1.67 bits per heavy atom. The van der Waals surface area contributed by atoms with Crippen molar-refractivity contribution in [3.63, 3.8) is 0 Å². The second kappa shape index (κ2) is 13.0. The maximum Gasteiger partial charge on any atom is 0.262 e. The summed E-state index contributed by atoms with van der Waals surface area (Å²) in [4.78, 5) is 61.8. The highest BCUT2D eigenvalue weighted by atomic mass is 16.3. The molecule has 286 valence electrons. The fraction of sp³-hybridized carbons (Fsp3) is 0.512. The zero-order valence-electron chi connectivity index (χ0n) is 31.1. The van der Waals surface area contributed by atoms with Crippen molar-refractivity contribution in [1.29, 1.82) is 0 Å². The number of aromatic nitrogens is 2. The summed E-state index contributed by atoms with van der Waals surface area (Å²) >= 11 is 0. The second-order valence-corrected chi connectivity index (χ2v) is 17.0. The van der Waals surface area contributed by atoms with Crippen LogP contribution in [-0.2, 0) is 9.59 Å². The van der Waals surface area contributed by atoms with Gasteiger partial charge in [-0.15, -0.1) is 10.2 Å².